The molecule has 1 rings (SSSR count). The molecule has 5 heteroatoms. The lowest BCUT2D eigenvalue weighted by molar-refractivity contribution is -0.213. The summed E-state index contributed by atoms with van der Waals surface area (Å²) in [5.74, 6) is -1.11. The Labute approximate surface area is 83.4 Å². The molecule has 0 radical (unpaired) electrons. The standard InChI is InChI=1S/C7H11F3IN/c1-6(2,11)12-3-5(4-12)7(8,9)10/h5H,3-4H2,1-2H3. The summed E-state index contributed by atoms with van der Waals surface area (Å²) in [5.41, 5.74) is 0. The molecule has 1 fully saturated rings. The van der Waals surface area contributed by atoms with Crippen LogP contribution >= 0.6 is 22.6 Å². The number of halogens is 4. The molecule has 0 spiro atoms. The normalized spacial score (nSPS) is 22.5. The van der Waals surface area contributed by atoms with Crippen molar-refractivity contribution in [3.63, 3.8) is 0 Å². The summed E-state index contributed by atoms with van der Waals surface area (Å²) < 4.78 is 35.9. The molecule has 0 bridgehead atoms. The van der Waals surface area contributed by atoms with Crippen molar-refractivity contribution in [1.82, 2.24) is 4.90 Å². The molecule has 0 N–H and O–H groups in total. The first-order chi connectivity index (χ1) is 5.21. The fourth-order valence-corrected chi connectivity index (χ4v) is 1.51. The Balaban J connectivity index is 2.39. The van der Waals surface area contributed by atoms with Gasteiger partial charge in [-0.05, 0) is 13.8 Å². The van der Waals surface area contributed by atoms with Crippen LogP contribution in [0.3, 0.4) is 0 Å². The summed E-state index contributed by atoms with van der Waals surface area (Å²) in [5, 5.41) is 0. The first kappa shape index (κ1) is 10.6. The van der Waals surface area contributed by atoms with Gasteiger partial charge >= 0.3 is 6.18 Å². The van der Waals surface area contributed by atoms with Gasteiger partial charge in [0.05, 0.1) is 9.46 Å². The predicted octanol–water partition coefficient (Wildman–Crippen LogP) is 2.65. The summed E-state index contributed by atoms with van der Waals surface area (Å²) in [6, 6.07) is 0. The van der Waals surface area contributed by atoms with E-state index in [-0.39, 0.29) is 16.6 Å². The molecule has 12 heavy (non-hydrogen) atoms. The maximum atomic E-state index is 12.0. The SMILES string of the molecule is CC(C)(I)N1CC(C(F)(F)F)C1. The Morgan fingerprint density at radius 2 is 1.67 bits per heavy atom. The van der Waals surface area contributed by atoms with Gasteiger partial charge < -0.3 is 0 Å². The zero-order chi connectivity index (χ0) is 9.57. The average molecular weight is 293 g/mol. The van der Waals surface area contributed by atoms with Crippen LogP contribution in [0.25, 0.3) is 0 Å². The van der Waals surface area contributed by atoms with Gasteiger partial charge in [-0.1, -0.05) is 22.6 Å². The van der Waals surface area contributed by atoms with Crippen molar-refractivity contribution in [2.45, 2.75) is 23.6 Å². The van der Waals surface area contributed by atoms with Crippen LogP contribution in [0.1, 0.15) is 13.8 Å². The van der Waals surface area contributed by atoms with Crippen LogP contribution in [-0.4, -0.2) is 27.7 Å². The number of rotatable bonds is 1. The van der Waals surface area contributed by atoms with E-state index in [9.17, 15) is 13.2 Å². The summed E-state index contributed by atoms with van der Waals surface area (Å²) in [6.07, 6.45) is -4.00. The van der Waals surface area contributed by atoms with Gasteiger partial charge in [0.25, 0.3) is 0 Å². The first-order valence-corrected chi connectivity index (χ1v) is 4.80. The van der Waals surface area contributed by atoms with Crippen molar-refractivity contribution in [3.05, 3.63) is 0 Å². The fraction of sp³-hybridized carbons (Fsp3) is 1.00. The van der Waals surface area contributed by atoms with Gasteiger partial charge in [-0.3, -0.25) is 4.90 Å². The van der Waals surface area contributed by atoms with Gasteiger partial charge in [0, 0.05) is 13.1 Å². The average Bonchev–Trinajstić information content (AvgIpc) is 1.46. The maximum absolute atomic E-state index is 12.0. The predicted molar refractivity (Wildman–Crippen MR) is 49.2 cm³/mol. The van der Waals surface area contributed by atoms with Crippen molar-refractivity contribution < 1.29 is 13.2 Å². The number of hydrogen-bond acceptors (Lipinski definition) is 1. The van der Waals surface area contributed by atoms with Gasteiger partial charge in [0.1, 0.15) is 0 Å². The molecule has 0 aromatic heterocycles. The van der Waals surface area contributed by atoms with Crippen molar-refractivity contribution in [2.75, 3.05) is 13.1 Å². The molecule has 1 heterocycles. The van der Waals surface area contributed by atoms with Crippen molar-refractivity contribution in [3.8, 4) is 0 Å². The number of alkyl halides is 4. The van der Waals surface area contributed by atoms with E-state index < -0.39 is 12.1 Å². The third-order valence-electron chi connectivity index (χ3n) is 2.10. The van der Waals surface area contributed by atoms with Crippen molar-refractivity contribution in [1.29, 1.82) is 0 Å². The fourth-order valence-electron chi connectivity index (χ4n) is 1.12. The van der Waals surface area contributed by atoms with E-state index in [0.29, 0.717) is 0 Å². The molecular weight excluding hydrogens is 282 g/mol. The molecule has 1 nitrogen and oxygen atoms in total. The van der Waals surface area contributed by atoms with Gasteiger partial charge in [-0.25, -0.2) is 0 Å². The van der Waals surface area contributed by atoms with Crippen LogP contribution in [0.4, 0.5) is 13.2 Å². The third kappa shape index (κ3) is 2.25. The van der Waals surface area contributed by atoms with Crippen molar-refractivity contribution >= 4 is 22.6 Å². The molecule has 0 aliphatic carbocycles. The smallest absolute Gasteiger partial charge is 0.288 e. The Kier molecular flexibility index (Phi) is 2.65. The molecule has 0 aromatic rings. The lowest BCUT2D eigenvalue weighted by Gasteiger charge is -2.46. The second-order valence-corrected chi connectivity index (χ2v) is 6.19. The molecule has 0 atom stereocenters. The lowest BCUT2D eigenvalue weighted by Crippen LogP contribution is -2.58. The zero-order valence-corrected chi connectivity index (χ0v) is 9.11. The van der Waals surface area contributed by atoms with Gasteiger partial charge in [0.2, 0.25) is 0 Å². The van der Waals surface area contributed by atoms with E-state index in [2.05, 4.69) is 22.6 Å². The van der Waals surface area contributed by atoms with E-state index in [1.54, 1.807) is 0 Å². The zero-order valence-electron chi connectivity index (χ0n) is 6.95. The van der Waals surface area contributed by atoms with Crippen LogP contribution in [0.15, 0.2) is 0 Å². The summed E-state index contributed by atoms with van der Waals surface area (Å²) in [7, 11) is 0. The number of hydrogen-bond donors (Lipinski definition) is 0. The second kappa shape index (κ2) is 3.01. The molecule has 0 amide bonds. The monoisotopic (exact) mass is 293 g/mol. The van der Waals surface area contributed by atoms with Crippen LogP contribution in [0.5, 0.6) is 0 Å². The highest BCUT2D eigenvalue weighted by Gasteiger charge is 2.49. The van der Waals surface area contributed by atoms with Crippen LogP contribution in [-0.2, 0) is 0 Å². The highest BCUT2D eigenvalue weighted by atomic mass is 127. The topological polar surface area (TPSA) is 3.24 Å². The highest BCUT2D eigenvalue weighted by molar-refractivity contribution is 14.1. The quantitative estimate of drug-likeness (QED) is 0.408. The van der Waals surface area contributed by atoms with E-state index in [1.165, 1.54) is 0 Å². The minimum Gasteiger partial charge on any atom is -0.288 e. The molecule has 1 aliphatic rings. The van der Waals surface area contributed by atoms with E-state index in [1.807, 2.05) is 18.7 Å². The van der Waals surface area contributed by atoms with Gasteiger partial charge in [-0.15, -0.1) is 0 Å². The molecule has 1 aliphatic heterocycles. The van der Waals surface area contributed by atoms with E-state index >= 15 is 0 Å². The third-order valence-corrected chi connectivity index (χ3v) is 2.78. The summed E-state index contributed by atoms with van der Waals surface area (Å²) in [6.45, 7) is 4.14. The molecule has 0 aromatic carbocycles. The van der Waals surface area contributed by atoms with Crippen LogP contribution in [0.2, 0.25) is 0 Å². The van der Waals surface area contributed by atoms with Gasteiger partial charge in [-0.2, -0.15) is 13.2 Å². The largest absolute Gasteiger partial charge is 0.394 e. The molecule has 72 valence electrons. The van der Waals surface area contributed by atoms with Crippen LogP contribution < -0.4 is 0 Å². The van der Waals surface area contributed by atoms with Crippen molar-refractivity contribution in [2.24, 2.45) is 5.92 Å². The molecule has 0 unspecified atom stereocenters. The van der Waals surface area contributed by atoms with Gasteiger partial charge in [0.15, 0.2) is 0 Å². The molecule has 0 saturated carbocycles. The lowest BCUT2D eigenvalue weighted by atomic mass is 9.98. The number of nitrogens with zero attached hydrogens (tertiary/aromatic N) is 1. The Bertz CT molecular complexity index is 148. The first-order valence-electron chi connectivity index (χ1n) is 3.72. The summed E-state index contributed by atoms with van der Waals surface area (Å²) in [4.78, 5) is 1.83. The Hall–Kier alpha value is 0.480. The Morgan fingerprint density at radius 3 is 1.92 bits per heavy atom. The van der Waals surface area contributed by atoms with E-state index in [4.69, 9.17) is 0 Å². The summed E-state index contributed by atoms with van der Waals surface area (Å²) >= 11 is 2.15. The van der Waals surface area contributed by atoms with E-state index in [0.717, 1.165) is 0 Å². The number of likely N-dealkylation sites (tertiary alicyclic amines) is 1. The maximum Gasteiger partial charge on any atom is 0.394 e. The second-order valence-electron chi connectivity index (χ2n) is 3.55. The highest BCUT2D eigenvalue weighted by Crippen LogP contribution is 2.38. The minimum atomic E-state index is -4.00. The minimum absolute atomic E-state index is 0.152. The Morgan fingerprint density at radius 1 is 1.25 bits per heavy atom. The molecular formula is C7H11F3IN. The molecule has 1 saturated heterocycles. The van der Waals surface area contributed by atoms with Crippen LogP contribution in [0, 0.1) is 5.92 Å².